The summed E-state index contributed by atoms with van der Waals surface area (Å²) in [6.07, 6.45) is 11.2. The van der Waals surface area contributed by atoms with Crippen LogP contribution < -0.4 is 0 Å². The minimum absolute atomic E-state index is 0.214. The van der Waals surface area contributed by atoms with Gasteiger partial charge >= 0.3 is 0 Å². The number of hydrogen-bond acceptors (Lipinski definition) is 3. The second kappa shape index (κ2) is 4.64. The van der Waals surface area contributed by atoms with Gasteiger partial charge in [-0.15, -0.1) is 0 Å². The minimum Gasteiger partial charge on any atom is -0.381 e. The molecule has 6 rings (SSSR count). The van der Waals surface area contributed by atoms with Crippen LogP contribution in [0.3, 0.4) is 0 Å². The molecule has 5 aliphatic carbocycles. The molecule has 2 spiro atoms. The average Bonchev–Trinajstić information content (AvgIpc) is 2.91. The summed E-state index contributed by atoms with van der Waals surface area (Å²) in [7, 11) is 1.98. The van der Waals surface area contributed by atoms with Gasteiger partial charge < -0.3 is 14.2 Å². The number of methoxy groups -OCH3 is 1. The van der Waals surface area contributed by atoms with Gasteiger partial charge in [-0.3, -0.25) is 0 Å². The van der Waals surface area contributed by atoms with Gasteiger partial charge in [-0.25, -0.2) is 0 Å². The van der Waals surface area contributed by atoms with Crippen LogP contribution >= 0.6 is 0 Å². The van der Waals surface area contributed by atoms with Crippen molar-refractivity contribution >= 4 is 0 Å². The highest BCUT2D eigenvalue weighted by molar-refractivity contribution is 5.26. The highest BCUT2D eigenvalue weighted by atomic mass is 16.7. The van der Waals surface area contributed by atoms with Gasteiger partial charge in [0.2, 0.25) is 0 Å². The van der Waals surface area contributed by atoms with Gasteiger partial charge in [0.15, 0.2) is 5.79 Å². The first kappa shape index (κ1) is 15.9. The van der Waals surface area contributed by atoms with Crippen LogP contribution in [0.15, 0.2) is 0 Å². The van der Waals surface area contributed by atoms with Crippen LogP contribution in [-0.4, -0.2) is 32.2 Å². The third-order valence-corrected chi connectivity index (χ3v) is 10.6. The maximum absolute atomic E-state index is 6.29. The predicted octanol–water partition coefficient (Wildman–Crippen LogP) is 4.40. The van der Waals surface area contributed by atoms with Gasteiger partial charge in [-0.1, -0.05) is 13.8 Å². The molecule has 8 atom stereocenters. The summed E-state index contributed by atoms with van der Waals surface area (Å²) in [6, 6.07) is 0. The third-order valence-electron chi connectivity index (χ3n) is 10.6. The number of hydrogen-bond donors (Lipinski definition) is 0. The van der Waals surface area contributed by atoms with Crippen LogP contribution in [0, 0.1) is 39.9 Å². The van der Waals surface area contributed by atoms with E-state index in [1.165, 1.54) is 44.9 Å². The Kier molecular flexibility index (Phi) is 2.95. The lowest BCUT2D eigenvalue weighted by Crippen LogP contribution is -2.59. The molecule has 1 aliphatic heterocycles. The van der Waals surface area contributed by atoms with E-state index in [4.69, 9.17) is 14.2 Å². The van der Waals surface area contributed by atoms with E-state index in [0.29, 0.717) is 16.9 Å². The third kappa shape index (κ3) is 1.55. The standard InChI is InChI=1S/C22H34O3/c1-19-7-4-14-13-21(14,19)18(23-3)12-15-16(19)5-8-20(2)17(15)6-9-22(20)24-10-11-25-22/h14-18H,4-13H2,1-3H3/t14?,15?,16?,17?,18-,19-,20+,21?/m1/s1. The van der Waals surface area contributed by atoms with Crippen molar-refractivity contribution in [3.05, 3.63) is 0 Å². The Bertz CT molecular complexity index is 598. The van der Waals surface area contributed by atoms with E-state index in [2.05, 4.69) is 13.8 Å². The zero-order chi connectivity index (χ0) is 17.1. The Balaban J connectivity index is 1.40. The molecular weight excluding hydrogens is 312 g/mol. The predicted molar refractivity (Wildman–Crippen MR) is 95.0 cm³/mol. The van der Waals surface area contributed by atoms with Crippen molar-refractivity contribution in [3.63, 3.8) is 0 Å². The molecule has 0 aromatic rings. The molecule has 0 aromatic carbocycles. The molecule has 25 heavy (non-hydrogen) atoms. The van der Waals surface area contributed by atoms with Crippen LogP contribution in [0.5, 0.6) is 0 Å². The van der Waals surface area contributed by atoms with Gasteiger partial charge in [0.1, 0.15) is 0 Å². The van der Waals surface area contributed by atoms with Crippen molar-refractivity contribution in [2.45, 2.75) is 77.1 Å². The first-order valence-corrected chi connectivity index (χ1v) is 10.8. The lowest BCUT2D eigenvalue weighted by atomic mass is 9.46. The first-order valence-electron chi connectivity index (χ1n) is 10.8. The van der Waals surface area contributed by atoms with E-state index in [1.807, 2.05) is 7.11 Å². The Hall–Kier alpha value is -0.120. The Morgan fingerprint density at radius 3 is 2.28 bits per heavy atom. The fourth-order valence-electron chi connectivity index (χ4n) is 9.46. The molecule has 5 saturated carbocycles. The largest absolute Gasteiger partial charge is 0.381 e. The average molecular weight is 347 g/mol. The van der Waals surface area contributed by atoms with Crippen molar-refractivity contribution in [1.82, 2.24) is 0 Å². The van der Waals surface area contributed by atoms with Crippen LogP contribution in [0.25, 0.3) is 0 Å². The van der Waals surface area contributed by atoms with Crippen molar-refractivity contribution in [1.29, 1.82) is 0 Å². The quantitative estimate of drug-likeness (QED) is 0.704. The zero-order valence-corrected chi connectivity index (χ0v) is 16.2. The Morgan fingerprint density at radius 2 is 1.56 bits per heavy atom. The highest BCUT2D eigenvalue weighted by Crippen LogP contribution is 2.82. The SMILES string of the molecule is CO[C@@H]1CC2C3CCC4(OCCO4)[C@@]3(C)CCC2[C@@]2(C)CCC3CC312. The molecule has 0 radical (unpaired) electrons. The Labute approximate surface area is 152 Å². The molecule has 1 heterocycles. The summed E-state index contributed by atoms with van der Waals surface area (Å²) in [5.41, 5.74) is 1.27. The fraction of sp³-hybridized carbons (Fsp3) is 1.00. The van der Waals surface area contributed by atoms with E-state index in [1.54, 1.807) is 0 Å². The van der Waals surface area contributed by atoms with Crippen molar-refractivity contribution in [2.75, 3.05) is 20.3 Å². The van der Waals surface area contributed by atoms with Gasteiger partial charge in [-0.05, 0) is 74.0 Å². The number of fused-ring (bicyclic) bond motifs is 5. The summed E-state index contributed by atoms with van der Waals surface area (Å²) in [5.74, 6) is 3.17. The summed E-state index contributed by atoms with van der Waals surface area (Å²) in [5, 5.41) is 0. The van der Waals surface area contributed by atoms with Gasteiger partial charge in [-0.2, -0.15) is 0 Å². The highest BCUT2D eigenvalue weighted by Gasteiger charge is 2.78. The van der Waals surface area contributed by atoms with Crippen LogP contribution in [0.4, 0.5) is 0 Å². The number of ether oxygens (including phenoxy) is 3. The second-order valence-corrected chi connectivity index (χ2v) is 10.7. The molecule has 1 saturated heterocycles. The number of rotatable bonds is 1. The van der Waals surface area contributed by atoms with Crippen LogP contribution in [0.2, 0.25) is 0 Å². The summed E-state index contributed by atoms with van der Waals surface area (Å²) >= 11 is 0. The smallest absolute Gasteiger partial charge is 0.174 e. The molecular formula is C22H34O3. The summed E-state index contributed by atoms with van der Waals surface area (Å²) in [4.78, 5) is 0. The fourth-order valence-corrected chi connectivity index (χ4v) is 9.46. The van der Waals surface area contributed by atoms with E-state index < -0.39 is 0 Å². The van der Waals surface area contributed by atoms with E-state index in [0.717, 1.165) is 43.3 Å². The monoisotopic (exact) mass is 346 g/mol. The van der Waals surface area contributed by atoms with Gasteiger partial charge in [0.05, 0.1) is 19.3 Å². The maximum Gasteiger partial charge on any atom is 0.174 e. The zero-order valence-electron chi connectivity index (χ0n) is 16.2. The summed E-state index contributed by atoms with van der Waals surface area (Å²) < 4.78 is 18.8. The normalized spacial score (nSPS) is 60.8. The topological polar surface area (TPSA) is 27.7 Å². The minimum atomic E-state index is -0.265. The molecule has 140 valence electrons. The van der Waals surface area contributed by atoms with Crippen molar-refractivity contribution in [3.8, 4) is 0 Å². The van der Waals surface area contributed by atoms with E-state index in [9.17, 15) is 0 Å². The Morgan fingerprint density at radius 1 is 0.880 bits per heavy atom. The van der Waals surface area contributed by atoms with Crippen LogP contribution in [0.1, 0.15) is 65.2 Å². The van der Waals surface area contributed by atoms with Crippen LogP contribution in [-0.2, 0) is 14.2 Å². The van der Waals surface area contributed by atoms with Crippen molar-refractivity contribution < 1.29 is 14.2 Å². The van der Waals surface area contributed by atoms with E-state index in [-0.39, 0.29) is 11.2 Å². The molecule has 6 fully saturated rings. The van der Waals surface area contributed by atoms with Crippen molar-refractivity contribution in [2.24, 2.45) is 39.9 Å². The summed E-state index contributed by atoms with van der Waals surface area (Å²) in [6.45, 7) is 6.73. The second-order valence-electron chi connectivity index (χ2n) is 10.7. The lowest BCUT2D eigenvalue weighted by Gasteiger charge is -2.61. The van der Waals surface area contributed by atoms with E-state index >= 15 is 0 Å². The molecule has 3 nitrogen and oxygen atoms in total. The lowest BCUT2D eigenvalue weighted by molar-refractivity contribution is -0.252. The molecule has 3 heteroatoms. The molecule has 0 amide bonds. The molecule has 0 bridgehead atoms. The molecule has 0 N–H and O–H groups in total. The molecule has 0 aromatic heterocycles. The van der Waals surface area contributed by atoms with Gasteiger partial charge in [0, 0.05) is 24.4 Å². The maximum atomic E-state index is 6.29. The molecule has 5 unspecified atom stereocenters. The molecule has 6 aliphatic rings. The first-order chi connectivity index (χ1) is 12.0. The van der Waals surface area contributed by atoms with Gasteiger partial charge in [0.25, 0.3) is 0 Å².